The van der Waals surface area contributed by atoms with Crippen LogP contribution in [0.4, 0.5) is 10.5 Å². The van der Waals surface area contributed by atoms with Crippen molar-refractivity contribution in [3.63, 3.8) is 0 Å². The summed E-state index contributed by atoms with van der Waals surface area (Å²) in [5.41, 5.74) is 7.31. The third kappa shape index (κ3) is 3.15. The normalized spacial score (nSPS) is 21.5. The third-order valence-corrected chi connectivity index (χ3v) is 8.21. The van der Waals surface area contributed by atoms with Gasteiger partial charge in [0, 0.05) is 23.2 Å². The predicted molar refractivity (Wildman–Crippen MR) is 118 cm³/mol. The number of urea groups is 1. The molecule has 0 fully saturated rings. The number of benzene rings is 1. The number of carbonyl (C=O) groups excluding carboxylic acids is 1. The highest BCUT2D eigenvalue weighted by molar-refractivity contribution is 7.99. The van der Waals surface area contributed by atoms with Crippen LogP contribution >= 0.6 is 0 Å². The van der Waals surface area contributed by atoms with Crippen molar-refractivity contribution >= 4 is 27.3 Å². The molecule has 2 amide bonds. The zero-order valence-corrected chi connectivity index (χ0v) is 18.1. The summed E-state index contributed by atoms with van der Waals surface area (Å²) in [5, 5.41) is 13.5. The van der Waals surface area contributed by atoms with E-state index in [0.29, 0.717) is 29.7 Å². The summed E-state index contributed by atoms with van der Waals surface area (Å²) in [6.45, 7) is 1.77. The molecule has 0 bridgehead atoms. The number of hydrogen-bond acceptors (Lipinski definition) is 4. The Hall–Kier alpha value is -2.25. The number of aryl methyl sites for hydroxylation is 3. The van der Waals surface area contributed by atoms with Crippen molar-refractivity contribution in [3.8, 4) is 0 Å². The van der Waals surface area contributed by atoms with Crippen LogP contribution in [0.15, 0.2) is 15.6 Å². The maximum absolute atomic E-state index is 13.3. The first-order valence-corrected chi connectivity index (χ1v) is 12.5. The second-order valence-electron chi connectivity index (χ2n) is 8.72. The van der Waals surface area contributed by atoms with E-state index in [0.717, 1.165) is 50.6 Å². The van der Waals surface area contributed by atoms with Gasteiger partial charge in [0.25, 0.3) is 0 Å². The lowest BCUT2D eigenvalue weighted by molar-refractivity contribution is 0.151. The van der Waals surface area contributed by atoms with Crippen LogP contribution in [0, 0.1) is 6.92 Å². The minimum atomic E-state index is -3.20. The zero-order valence-electron chi connectivity index (χ0n) is 17.3. The standard InChI is InChI=1S/C23H28N2O4S/c1-13-20-18(26)10-5-11-19(20)29-22(13)30(2,28)25-23(27)24-21-16-8-3-6-14(16)12-15-7-4-9-17(15)21/h12,18,26H,2-11H2,1H3,(H2,24,25,27,28). The Balaban J connectivity index is 1.42. The average Bonchev–Trinajstić information content (AvgIpc) is 3.40. The molecular formula is C23H28N2O4S. The van der Waals surface area contributed by atoms with E-state index in [2.05, 4.69) is 22.0 Å². The van der Waals surface area contributed by atoms with E-state index in [1.165, 1.54) is 22.3 Å². The van der Waals surface area contributed by atoms with Crippen LogP contribution in [0.5, 0.6) is 0 Å². The monoisotopic (exact) mass is 428 g/mol. The minimum Gasteiger partial charge on any atom is -0.450 e. The number of carbonyl (C=O) groups is 1. The Bertz CT molecular complexity index is 1110. The number of fused-ring (bicyclic) bond motifs is 3. The van der Waals surface area contributed by atoms with Crippen LogP contribution in [-0.4, -0.2) is 21.2 Å². The molecule has 3 N–H and O–H groups in total. The molecule has 160 valence electrons. The molecule has 0 aliphatic heterocycles. The van der Waals surface area contributed by atoms with Crippen molar-refractivity contribution in [3.05, 3.63) is 45.2 Å². The maximum Gasteiger partial charge on any atom is 0.330 e. The summed E-state index contributed by atoms with van der Waals surface area (Å²) >= 11 is 0. The maximum atomic E-state index is 13.3. The summed E-state index contributed by atoms with van der Waals surface area (Å²) in [6, 6.07) is 1.78. The topological polar surface area (TPSA) is 91.6 Å². The van der Waals surface area contributed by atoms with Crippen LogP contribution in [0.25, 0.3) is 0 Å². The van der Waals surface area contributed by atoms with E-state index < -0.39 is 21.8 Å². The fraction of sp³-hybridized carbons (Fsp3) is 0.478. The predicted octanol–water partition coefficient (Wildman–Crippen LogP) is 3.75. The largest absolute Gasteiger partial charge is 0.450 e. The number of rotatable bonds is 3. The highest BCUT2D eigenvalue weighted by atomic mass is 32.2. The Morgan fingerprint density at radius 2 is 1.80 bits per heavy atom. The van der Waals surface area contributed by atoms with E-state index in [9.17, 15) is 14.1 Å². The number of anilines is 1. The van der Waals surface area contributed by atoms with Gasteiger partial charge in [-0.05, 0) is 86.4 Å². The molecule has 0 saturated carbocycles. The van der Waals surface area contributed by atoms with Gasteiger partial charge >= 0.3 is 6.03 Å². The Kier molecular flexibility index (Phi) is 4.71. The van der Waals surface area contributed by atoms with Crippen LogP contribution in [0.2, 0.25) is 0 Å². The fourth-order valence-electron chi connectivity index (χ4n) is 5.40. The molecule has 5 rings (SSSR count). The van der Waals surface area contributed by atoms with Gasteiger partial charge in [0.05, 0.1) is 6.10 Å². The zero-order chi connectivity index (χ0) is 21.0. The quantitative estimate of drug-likeness (QED) is 0.650. The van der Waals surface area contributed by atoms with Crippen molar-refractivity contribution in [1.29, 1.82) is 0 Å². The molecule has 2 unspecified atom stereocenters. The van der Waals surface area contributed by atoms with Crippen LogP contribution in [-0.2, 0) is 41.8 Å². The van der Waals surface area contributed by atoms with Crippen LogP contribution < -0.4 is 10.0 Å². The van der Waals surface area contributed by atoms with E-state index in [4.69, 9.17) is 4.42 Å². The van der Waals surface area contributed by atoms with Crippen molar-refractivity contribution in [1.82, 2.24) is 4.72 Å². The van der Waals surface area contributed by atoms with Gasteiger partial charge in [-0.15, -0.1) is 0 Å². The van der Waals surface area contributed by atoms with E-state index >= 15 is 0 Å². The minimum absolute atomic E-state index is 0.159. The lowest BCUT2D eigenvalue weighted by Crippen LogP contribution is -2.35. The summed E-state index contributed by atoms with van der Waals surface area (Å²) in [6.07, 6.45) is 7.75. The van der Waals surface area contributed by atoms with Gasteiger partial charge in [-0.3, -0.25) is 4.72 Å². The van der Waals surface area contributed by atoms with Crippen molar-refractivity contribution in [2.45, 2.75) is 75.9 Å². The molecule has 30 heavy (non-hydrogen) atoms. The van der Waals surface area contributed by atoms with Gasteiger partial charge in [-0.1, -0.05) is 6.07 Å². The molecule has 3 aliphatic rings. The van der Waals surface area contributed by atoms with Crippen LogP contribution in [0.3, 0.4) is 0 Å². The Morgan fingerprint density at radius 1 is 1.13 bits per heavy atom. The van der Waals surface area contributed by atoms with Crippen molar-refractivity contribution < 1.29 is 18.5 Å². The molecule has 1 heterocycles. The molecule has 0 saturated heterocycles. The molecular weight excluding hydrogens is 400 g/mol. The van der Waals surface area contributed by atoms with E-state index in [-0.39, 0.29) is 5.09 Å². The average molecular weight is 429 g/mol. The summed E-state index contributed by atoms with van der Waals surface area (Å²) in [4.78, 5) is 12.9. The molecule has 2 atom stereocenters. The number of aliphatic hydroxyl groups is 1. The number of furan rings is 1. The van der Waals surface area contributed by atoms with Gasteiger partial charge in [0.1, 0.15) is 15.5 Å². The number of nitrogens with one attached hydrogen (secondary N) is 2. The van der Waals surface area contributed by atoms with Crippen LogP contribution in [0.1, 0.15) is 70.9 Å². The summed E-state index contributed by atoms with van der Waals surface area (Å²) in [5.74, 6) is 4.43. The molecule has 0 radical (unpaired) electrons. The molecule has 0 spiro atoms. The molecule has 3 aliphatic carbocycles. The van der Waals surface area contributed by atoms with Gasteiger partial charge < -0.3 is 14.8 Å². The molecule has 2 aromatic rings. The van der Waals surface area contributed by atoms with Crippen molar-refractivity contribution in [2.75, 3.05) is 5.32 Å². The molecule has 1 aromatic carbocycles. The summed E-state index contributed by atoms with van der Waals surface area (Å²) < 4.78 is 21.7. The smallest absolute Gasteiger partial charge is 0.330 e. The number of hydrogen-bond donors (Lipinski definition) is 3. The number of amides is 2. The van der Waals surface area contributed by atoms with Crippen molar-refractivity contribution in [2.24, 2.45) is 0 Å². The first kappa shape index (κ1) is 19.7. The lowest BCUT2D eigenvalue weighted by atomic mass is 9.93. The second-order valence-corrected chi connectivity index (χ2v) is 10.7. The lowest BCUT2D eigenvalue weighted by Gasteiger charge is -2.17. The van der Waals surface area contributed by atoms with E-state index in [1.54, 1.807) is 6.92 Å². The van der Waals surface area contributed by atoms with Gasteiger partial charge in [0.2, 0.25) is 5.09 Å². The number of aliphatic hydroxyl groups excluding tert-OH is 1. The van der Waals surface area contributed by atoms with Gasteiger partial charge in [-0.25, -0.2) is 9.00 Å². The Morgan fingerprint density at radius 3 is 2.43 bits per heavy atom. The Labute approximate surface area is 177 Å². The van der Waals surface area contributed by atoms with E-state index in [1.807, 2.05) is 0 Å². The molecule has 7 heteroatoms. The highest BCUT2D eigenvalue weighted by Crippen LogP contribution is 2.39. The second kappa shape index (κ2) is 7.17. The summed E-state index contributed by atoms with van der Waals surface area (Å²) in [7, 11) is -3.20. The highest BCUT2D eigenvalue weighted by Gasteiger charge is 2.31. The van der Waals surface area contributed by atoms with Gasteiger partial charge in [-0.2, -0.15) is 0 Å². The first-order chi connectivity index (χ1) is 14.3. The SMILES string of the molecule is C=S(=O)(NC(=O)Nc1c2c(cc3c1CCC3)CCC2)c1oc2c(c1C)C(O)CCC2. The molecule has 1 aromatic heterocycles. The molecule has 6 nitrogen and oxygen atoms in total. The third-order valence-electron chi connectivity index (χ3n) is 6.71. The van der Waals surface area contributed by atoms with Gasteiger partial charge in [0.15, 0.2) is 0 Å². The first-order valence-electron chi connectivity index (χ1n) is 10.8. The fourth-order valence-corrected chi connectivity index (χ4v) is 6.68.